The van der Waals surface area contributed by atoms with Crippen molar-refractivity contribution >= 4 is 60.5 Å². The normalized spacial score (nSPS) is 14.5. The molecule has 1 aromatic heterocycles. The molecule has 222 valence electrons. The molecule has 1 heterocycles. The van der Waals surface area contributed by atoms with Gasteiger partial charge in [-0.15, -0.1) is 0 Å². The van der Waals surface area contributed by atoms with Gasteiger partial charge in [-0.2, -0.15) is 0 Å². The zero-order valence-corrected chi connectivity index (χ0v) is 27.1. The van der Waals surface area contributed by atoms with Crippen LogP contribution < -0.4 is 4.90 Å². The van der Waals surface area contributed by atoms with Crippen LogP contribution in [0.1, 0.15) is 18.9 Å². The number of fused-ring (bicyclic) bond motifs is 3. The lowest BCUT2D eigenvalue weighted by atomic mass is 9.91. The fraction of sp³-hybridized carbons (Fsp3) is 0.0698. The second-order valence-electron chi connectivity index (χ2n) is 12.0. The summed E-state index contributed by atoms with van der Waals surface area (Å²) in [6, 6.07) is 49.7. The van der Waals surface area contributed by atoms with E-state index in [1.54, 1.807) is 0 Å². The molecule has 0 radical (unpaired) electrons. The van der Waals surface area contributed by atoms with Crippen LogP contribution in [0.4, 0.5) is 17.1 Å². The predicted octanol–water partition coefficient (Wildman–Crippen LogP) is 13.1. The second-order valence-corrected chi connectivity index (χ2v) is 12.9. The average molecular weight is 659 g/mol. The first kappa shape index (κ1) is 28.4. The Hall–Kier alpha value is -5.12. The summed E-state index contributed by atoms with van der Waals surface area (Å²) >= 11 is 3.75. The van der Waals surface area contributed by atoms with Crippen LogP contribution in [-0.4, -0.2) is 0 Å². The predicted molar refractivity (Wildman–Crippen MR) is 198 cm³/mol. The lowest BCUT2D eigenvalue weighted by Gasteiger charge is -2.26. The molecule has 2 nitrogen and oxygen atoms in total. The maximum absolute atomic E-state index is 6.38. The van der Waals surface area contributed by atoms with E-state index in [2.05, 4.69) is 173 Å². The fourth-order valence-electron chi connectivity index (χ4n) is 6.56. The van der Waals surface area contributed by atoms with Gasteiger partial charge in [0.2, 0.25) is 0 Å². The van der Waals surface area contributed by atoms with Crippen LogP contribution in [-0.2, 0) is 0 Å². The maximum Gasteiger partial charge on any atom is 0.143 e. The first-order valence-electron chi connectivity index (χ1n) is 15.8. The van der Waals surface area contributed by atoms with Crippen LogP contribution in [0, 0.1) is 5.92 Å². The standard InChI is InChI=1S/C43H32BrNO/c1-29-8-7-11-34(26-29)32-16-22-37(23-17-32)45(36-20-14-31(15-21-36)30-9-3-2-4-10-30)38-24-18-33(19-25-38)40-27-35(44)28-41-39-12-5-6-13-42(39)46-43(40)41/h2-25,27-29H,26H2,1H3. The van der Waals surface area contributed by atoms with E-state index in [4.69, 9.17) is 4.42 Å². The van der Waals surface area contributed by atoms with Crippen molar-refractivity contribution < 1.29 is 4.42 Å². The fourth-order valence-corrected chi connectivity index (χ4v) is 7.02. The van der Waals surface area contributed by atoms with Gasteiger partial charge < -0.3 is 9.32 Å². The van der Waals surface area contributed by atoms with Gasteiger partial charge in [-0.25, -0.2) is 0 Å². The van der Waals surface area contributed by atoms with Crippen LogP contribution in [0.15, 0.2) is 167 Å². The SMILES string of the molecule is CC1C=CC=C(c2ccc(N(c3ccc(-c4ccccc4)cc3)c3ccc(-c4cc(Br)cc5c4oc4ccccc45)cc3)cc2)C1. The van der Waals surface area contributed by atoms with Gasteiger partial charge in [0.25, 0.3) is 0 Å². The first-order valence-corrected chi connectivity index (χ1v) is 16.5. The molecule has 0 fully saturated rings. The van der Waals surface area contributed by atoms with Crippen molar-refractivity contribution in [1.29, 1.82) is 0 Å². The van der Waals surface area contributed by atoms with Crippen LogP contribution in [0.3, 0.4) is 0 Å². The Morgan fingerprint density at radius 3 is 1.87 bits per heavy atom. The summed E-state index contributed by atoms with van der Waals surface area (Å²) in [4.78, 5) is 2.33. The Morgan fingerprint density at radius 1 is 0.609 bits per heavy atom. The van der Waals surface area contributed by atoms with Gasteiger partial charge in [-0.3, -0.25) is 0 Å². The van der Waals surface area contributed by atoms with Gasteiger partial charge in [0, 0.05) is 37.9 Å². The molecule has 0 saturated carbocycles. The molecule has 0 aliphatic heterocycles. The molecule has 1 aliphatic carbocycles. The summed E-state index contributed by atoms with van der Waals surface area (Å²) < 4.78 is 7.42. The average Bonchev–Trinajstić information content (AvgIpc) is 3.48. The molecular weight excluding hydrogens is 626 g/mol. The number of hydrogen-bond donors (Lipinski definition) is 0. The van der Waals surface area contributed by atoms with Gasteiger partial charge in [0.1, 0.15) is 11.2 Å². The molecule has 7 aromatic rings. The van der Waals surface area contributed by atoms with Crippen molar-refractivity contribution in [2.24, 2.45) is 5.92 Å². The highest BCUT2D eigenvalue weighted by Crippen LogP contribution is 2.41. The lowest BCUT2D eigenvalue weighted by molar-refractivity contribution is 0.670. The second kappa shape index (κ2) is 12.0. The molecule has 0 amide bonds. The van der Waals surface area contributed by atoms with E-state index in [1.807, 2.05) is 12.1 Å². The monoisotopic (exact) mass is 657 g/mol. The van der Waals surface area contributed by atoms with E-state index < -0.39 is 0 Å². The third kappa shape index (κ3) is 5.37. The van der Waals surface area contributed by atoms with Gasteiger partial charge in [0.05, 0.1) is 0 Å². The smallest absolute Gasteiger partial charge is 0.143 e. The molecule has 6 aromatic carbocycles. The van der Waals surface area contributed by atoms with Gasteiger partial charge >= 0.3 is 0 Å². The van der Waals surface area contributed by atoms with Crippen molar-refractivity contribution in [3.8, 4) is 22.3 Å². The van der Waals surface area contributed by atoms with Gasteiger partial charge in [0.15, 0.2) is 0 Å². The first-order chi connectivity index (χ1) is 22.6. The summed E-state index contributed by atoms with van der Waals surface area (Å²) in [5, 5.41) is 2.24. The van der Waals surface area contributed by atoms with Crippen LogP contribution >= 0.6 is 15.9 Å². The lowest BCUT2D eigenvalue weighted by Crippen LogP contribution is -2.10. The summed E-state index contributed by atoms with van der Waals surface area (Å²) in [5.41, 5.74) is 12.4. The molecule has 0 N–H and O–H groups in total. The summed E-state index contributed by atoms with van der Waals surface area (Å²) in [5.74, 6) is 0.559. The van der Waals surface area contributed by atoms with E-state index in [0.717, 1.165) is 61.0 Å². The summed E-state index contributed by atoms with van der Waals surface area (Å²) in [7, 11) is 0. The largest absolute Gasteiger partial charge is 0.455 e. The third-order valence-corrected chi connectivity index (χ3v) is 9.35. The third-order valence-electron chi connectivity index (χ3n) is 8.89. The van der Waals surface area contributed by atoms with Gasteiger partial charge in [-0.1, -0.05) is 126 Å². The summed E-state index contributed by atoms with van der Waals surface area (Å²) in [6.45, 7) is 2.27. The highest BCUT2D eigenvalue weighted by Gasteiger charge is 2.17. The highest BCUT2D eigenvalue weighted by atomic mass is 79.9. The minimum atomic E-state index is 0.559. The molecular formula is C43H32BrNO. The zero-order chi connectivity index (χ0) is 31.0. The van der Waals surface area contributed by atoms with Crippen molar-refractivity contribution in [2.45, 2.75) is 13.3 Å². The van der Waals surface area contributed by atoms with Crippen molar-refractivity contribution in [3.05, 3.63) is 168 Å². The quantitative estimate of drug-likeness (QED) is 0.177. The minimum Gasteiger partial charge on any atom is -0.455 e. The van der Waals surface area contributed by atoms with E-state index in [-0.39, 0.29) is 0 Å². The molecule has 1 aliphatic rings. The number of furan rings is 1. The van der Waals surface area contributed by atoms with Crippen molar-refractivity contribution in [3.63, 3.8) is 0 Å². The molecule has 1 unspecified atom stereocenters. The summed E-state index contributed by atoms with van der Waals surface area (Å²) in [6.07, 6.45) is 7.77. The number of anilines is 3. The Kier molecular flexibility index (Phi) is 7.40. The van der Waals surface area contributed by atoms with Gasteiger partial charge in [-0.05, 0) is 94.8 Å². The van der Waals surface area contributed by atoms with Crippen LogP contribution in [0.2, 0.25) is 0 Å². The van der Waals surface area contributed by atoms with Crippen LogP contribution in [0.25, 0.3) is 49.8 Å². The molecule has 46 heavy (non-hydrogen) atoms. The molecule has 1 atom stereocenters. The molecule has 0 saturated heterocycles. The zero-order valence-electron chi connectivity index (χ0n) is 25.5. The number of rotatable bonds is 6. The maximum atomic E-state index is 6.38. The number of benzene rings is 6. The molecule has 0 spiro atoms. The van der Waals surface area contributed by atoms with E-state index in [0.29, 0.717) is 5.92 Å². The highest BCUT2D eigenvalue weighted by molar-refractivity contribution is 9.10. The number of halogens is 1. The number of allylic oxidation sites excluding steroid dienone is 4. The van der Waals surface area contributed by atoms with Crippen molar-refractivity contribution in [1.82, 2.24) is 0 Å². The van der Waals surface area contributed by atoms with E-state index in [9.17, 15) is 0 Å². The number of hydrogen-bond acceptors (Lipinski definition) is 2. The molecule has 0 bridgehead atoms. The Morgan fingerprint density at radius 2 is 1.20 bits per heavy atom. The number of para-hydroxylation sites is 1. The van der Waals surface area contributed by atoms with Crippen molar-refractivity contribution in [2.75, 3.05) is 4.90 Å². The minimum absolute atomic E-state index is 0.559. The Bertz CT molecular complexity index is 2220. The molecule has 3 heteroatoms. The topological polar surface area (TPSA) is 16.4 Å². The molecule has 8 rings (SSSR count). The van der Waals surface area contributed by atoms with Crippen LogP contribution in [0.5, 0.6) is 0 Å². The Labute approximate surface area is 278 Å². The van der Waals surface area contributed by atoms with E-state index >= 15 is 0 Å². The number of nitrogens with zero attached hydrogens (tertiary/aromatic N) is 1. The Balaban J connectivity index is 1.19. The van der Waals surface area contributed by atoms with E-state index in [1.165, 1.54) is 22.3 Å².